The molecule has 1 heterocycles. The Bertz CT molecular complexity index is 707. The van der Waals surface area contributed by atoms with E-state index in [-0.39, 0.29) is 0 Å². The van der Waals surface area contributed by atoms with Gasteiger partial charge in [-0.05, 0) is 36.1 Å². The summed E-state index contributed by atoms with van der Waals surface area (Å²) in [5.74, 6) is 1.62. The molecule has 2 aromatic carbocycles. The Hall–Kier alpha value is -2.07. The van der Waals surface area contributed by atoms with Crippen LogP contribution in [0.5, 0.6) is 0 Å². The molecule has 0 bridgehead atoms. The van der Waals surface area contributed by atoms with Crippen molar-refractivity contribution in [2.75, 3.05) is 39.9 Å². The number of benzene rings is 2. The molecule has 4 heteroatoms. The van der Waals surface area contributed by atoms with E-state index in [1.54, 1.807) is 0 Å². The van der Waals surface area contributed by atoms with Gasteiger partial charge in [0.05, 0.1) is 6.61 Å². The van der Waals surface area contributed by atoms with Crippen LogP contribution in [-0.4, -0.2) is 50.8 Å². The van der Waals surface area contributed by atoms with Crippen molar-refractivity contribution in [1.29, 1.82) is 0 Å². The van der Waals surface area contributed by atoms with Gasteiger partial charge in [0.2, 0.25) is 0 Å². The van der Waals surface area contributed by atoms with Crippen LogP contribution in [0.15, 0.2) is 47.5 Å². The molecule has 0 radical (unpaired) electrons. The summed E-state index contributed by atoms with van der Waals surface area (Å²) in [5.41, 5.74) is 1.34. The quantitative estimate of drug-likeness (QED) is 0.648. The van der Waals surface area contributed by atoms with Crippen LogP contribution >= 0.6 is 0 Å². The Kier molecular flexibility index (Phi) is 6.29. The SMILES string of the molecule is CCNC(=NCCc1ccc2ccccc2c1)N(C)CC1CCOC1. The Morgan fingerprint density at radius 2 is 2.08 bits per heavy atom. The number of nitrogens with one attached hydrogen (secondary N) is 1. The van der Waals surface area contributed by atoms with Crippen LogP contribution in [-0.2, 0) is 11.2 Å². The molecule has 0 aromatic heterocycles. The van der Waals surface area contributed by atoms with Crippen LogP contribution < -0.4 is 5.32 Å². The lowest BCUT2D eigenvalue weighted by Crippen LogP contribution is -2.41. The van der Waals surface area contributed by atoms with Gasteiger partial charge in [-0.3, -0.25) is 4.99 Å². The van der Waals surface area contributed by atoms with Crippen LogP contribution in [0.3, 0.4) is 0 Å². The molecule has 25 heavy (non-hydrogen) atoms. The average Bonchev–Trinajstić information content (AvgIpc) is 3.14. The van der Waals surface area contributed by atoms with Gasteiger partial charge in [-0.1, -0.05) is 42.5 Å². The fourth-order valence-electron chi connectivity index (χ4n) is 3.36. The van der Waals surface area contributed by atoms with Gasteiger partial charge in [0.15, 0.2) is 5.96 Å². The lowest BCUT2D eigenvalue weighted by atomic mass is 10.1. The van der Waals surface area contributed by atoms with Gasteiger partial charge in [-0.25, -0.2) is 0 Å². The number of rotatable bonds is 6. The van der Waals surface area contributed by atoms with Crippen molar-refractivity contribution < 1.29 is 4.74 Å². The van der Waals surface area contributed by atoms with Crippen LogP contribution in [0.25, 0.3) is 10.8 Å². The summed E-state index contributed by atoms with van der Waals surface area (Å²) in [7, 11) is 2.12. The summed E-state index contributed by atoms with van der Waals surface area (Å²) in [4.78, 5) is 7.06. The summed E-state index contributed by atoms with van der Waals surface area (Å²) in [6.07, 6.45) is 2.11. The van der Waals surface area contributed by atoms with Crippen LogP contribution in [0, 0.1) is 5.92 Å². The van der Waals surface area contributed by atoms with Gasteiger partial charge in [0.1, 0.15) is 0 Å². The third-order valence-corrected chi connectivity index (χ3v) is 4.73. The van der Waals surface area contributed by atoms with E-state index in [1.165, 1.54) is 16.3 Å². The number of guanidine groups is 1. The molecule has 0 amide bonds. The van der Waals surface area contributed by atoms with E-state index in [2.05, 4.69) is 66.7 Å². The Balaban J connectivity index is 1.59. The van der Waals surface area contributed by atoms with Crippen LogP contribution in [0.4, 0.5) is 0 Å². The smallest absolute Gasteiger partial charge is 0.193 e. The Morgan fingerprint density at radius 1 is 1.24 bits per heavy atom. The fourth-order valence-corrected chi connectivity index (χ4v) is 3.36. The molecule has 0 aliphatic carbocycles. The zero-order valence-electron chi connectivity index (χ0n) is 15.4. The number of hydrogen-bond donors (Lipinski definition) is 1. The van der Waals surface area contributed by atoms with Gasteiger partial charge >= 0.3 is 0 Å². The zero-order chi connectivity index (χ0) is 17.5. The average molecular weight is 339 g/mol. The molecule has 1 atom stereocenters. The molecule has 1 fully saturated rings. The maximum absolute atomic E-state index is 5.48. The molecule has 1 aliphatic heterocycles. The van der Waals surface area contributed by atoms with Crippen molar-refractivity contribution in [3.8, 4) is 0 Å². The molecular formula is C21H29N3O. The first-order valence-electron chi connectivity index (χ1n) is 9.31. The lowest BCUT2D eigenvalue weighted by molar-refractivity contribution is 0.181. The molecule has 2 aromatic rings. The summed E-state index contributed by atoms with van der Waals surface area (Å²) in [5, 5.41) is 6.00. The van der Waals surface area contributed by atoms with Gasteiger partial charge in [-0.15, -0.1) is 0 Å². The van der Waals surface area contributed by atoms with Crippen LogP contribution in [0.1, 0.15) is 18.9 Å². The van der Waals surface area contributed by atoms with E-state index in [4.69, 9.17) is 9.73 Å². The van der Waals surface area contributed by atoms with Crippen molar-refractivity contribution >= 4 is 16.7 Å². The van der Waals surface area contributed by atoms with Gasteiger partial charge in [0, 0.05) is 39.2 Å². The first kappa shape index (κ1) is 17.7. The molecule has 1 N–H and O–H groups in total. The highest BCUT2D eigenvalue weighted by Gasteiger charge is 2.18. The standard InChI is InChI=1S/C21H29N3O/c1-3-22-21(24(2)15-18-11-13-25-16-18)23-12-10-17-8-9-19-6-4-5-7-20(19)14-17/h4-9,14,18H,3,10-13,15-16H2,1-2H3,(H,22,23). The lowest BCUT2D eigenvalue weighted by Gasteiger charge is -2.24. The summed E-state index contributed by atoms with van der Waals surface area (Å²) in [6, 6.07) is 15.2. The normalized spacial score (nSPS) is 17.8. The molecular weight excluding hydrogens is 310 g/mol. The summed E-state index contributed by atoms with van der Waals surface area (Å²) >= 11 is 0. The number of aliphatic imine (C=N–C) groups is 1. The predicted octanol–water partition coefficient (Wildman–Crippen LogP) is 3.32. The minimum Gasteiger partial charge on any atom is -0.381 e. The van der Waals surface area contributed by atoms with Gasteiger partial charge < -0.3 is 15.0 Å². The Morgan fingerprint density at radius 3 is 2.84 bits per heavy atom. The van der Waals surface area contributed by atoms with Crippen LogP contribution in [0.2, 0.25) is 0 Å². The first-order chi connectivity index (χ1) is 12.3. The fraction of sp³-hybridized carbons (Fsp3) is 0.476. The molecule has 134 valence electrons. The highest BCUT2D eigenvalue weighted by atomic mass is 16.5. The molecule has 1 unspecified atom stereocenters. The third-order valence-electron chi connectivity index (χ3n) is 4.73. The molecule has 0 spiro atoms. The molecule has 1 saturated heterocycles. The van der Waals surface area contributed by atoms with E-state index >= 15 is 0 Å². The van der Waals surface area contributed by atoms with E-state index in [1.807, 2.05) is 0 Å². The second-order valence-electron chi connectivity index (χ2n) is 6.78. The maximum Gasteiger partial charge on any atom is 0.193 e. The zero-order valence-corrected chi connectivity index (χ0v) is 15.4. The van der Waals surface area contributed by atoms with Crippen molar-refractivity contribution in [3.63, 3.8) is 0 Å². The number of nitrogens with zero attached hydrogens (tertiary/aromatic N) is 2. The van der Waals surface area contributed by atoms with Gasteiger partial charge in [0.25, 0.3) is 0 Å². The second-order valence-corrected chi connectivity index (χ2v) is 6.78. The minimum atomic E-state index is 0.620. The maximum atomic E-state index is 5.48. The first-order valence-corrected chi connectivity index (χ1v) is 9.31. The monoisotopic (exact) mass is 339 g/mol. The van der Waals surface area contributed by atoms with E-state index in [9.17, 15) is 0 Å². The molecule has 4 nitrogen and oxygen atoms in total. The molecule has 0 saturated carbocycles. The van der Waals surface area contributed by atoms with Crippen molar-refractivity contribution in [2.24, 2.45) is 10.9 Å². The van der Waals surface area contributed by atoms with Gasteiger partial charge in [-0.2, -0.15) is 0 Å². The number of fused-ring (bicyclic) bond motifs is 1. The topological polar surface area (TPSA) is 36.9 Å². The van der Waals surface area contributed by atoms with E-state index in [0.717, 1.165) is 51.6 Å². The molecule has 1 aliphatic rings. The van der Waals surface area contributed by atoms with E-state index < -0.39 is 0 Å². The van der Waals surface area contributed by atoms with Crippen molar-refractivity contribution in [1.82, 2.24) is 10.2 Å². The second kappa shape index (κ2) is 8.86. The molecule has 3 rings (SSSR count). The van der Waals surface area contributed by atoms with E-state index in [0.29, 0.717) is 5.92 Å². The van der Waals surface area contributed by atoms with Crippen molar-refractivity contribution in [3.05, 3.63) is 48.0 Å². The Labute approximate surface area is 150 Å². The largest absolute Gasteiger partial charge is 0.381 e. The number of hydrogen-bond acceptors (Lipinski definition) is 2. The third kappa shape index (κ3) is 4.95. The number of ether oxygens (including phenoxy) is 1. The summed E-state index contributed by atoms with van der Waals surface area (Å²) in [6.45, 7) is 6.58. The highest BCUT2D eigenvalue weighted by molar-refractivity contribution is 5.83. The summed E-state index contributed by atoms with van der Waals surface area (Å²) < 4.78 is 5.48. The highest BCUT2D eigenvalue weighted by Crippen LogP contribution is 2.16. The van der Waals surface area contributed by atoms with Crippen molar-refractivity contribution in [2.45, 2.75) is 19.8 Å². The minimum absolute atomic E-state index is 0.620. The predicted molar refractivity (Wildman–Crippen MR) is 105 cm³/mol.